The van der Waals surface area contributed by atoms with E-state index in [9.17, 15) is 8.42 Å². The van der Waals surface area contributed by atoms with Crippen molar-refractivity contribution in [1.29, 1.82) is 0 Å². The highest BCUT2D eigenvalue weighted by Crippen LogP contribution is 2.12. The van der Waals surface area contributed by atoms with Crippen molar-refractivity contribution in [3.05, 3.63) is 0 Å². The molecule has 1 aliphatic heterocycles. The summed E-state index contributed by atoms with van der Waals surface area (Å²) in [6.45, 7) is 8.19. The first-order valence-corrected chi connectivity index (χ1v) is 6.86. The number of rotatable bonds is 3. The minimum absolute atomic E-state index is 0.225. The van der Waals surface area contributed by atoms with Crippen LogP contribution in [0.1, 0.15) is 13.8 Å². The molecule has 0 saturated carbocycles. The fourth-order valence-corrected chi connectivity index (χ4v) is 2.79. The Bertz CT molecular complexity index is 279. The maximum atomic E-state index is 11.6. The molecule has 14 heavy (non-hydrogen) atoms. The van der Waals surface area contributed by atoms with Crippen LogP contribution in [0.25, 0.3) is 0 Å². The molecule has 1 rings (SSSR count). The van der Waals surface area contributed by atoms with Crippen LogP contribution in [0, 0.1) is 0 Å². The SMILES string of the molecule is CC[N+]1(C)CCN(S(=O)(=O)CC)CC1. The van der Waals surface area contributed by atoms with Crippen molar-refractivity contribution in [3.63, 3.8) is 0 Å². The van der Waals surface area contributed by atoms with Gasteiger partial charge >= 0.3 is 0 Å². The van der Waals surface area contributed by atoms with Crippen LogP contribution >= 0.6 is 0 Å². The van der Waals surface area contributed by atoms with Gasteiger partial charge in [0.25, 0.3) is 0 Å². The summed E-state index contributed by atoms with van der Waals surface area (Å²) in [5.74, 6) is 0.225. The van der Waals surface area contributed by atoms with E-state index in [1.54, 1.807) is 11.2 Å². The molecule has 1 aliphatic rings. The fourth-order valence-electron chi connectivity index (χ4n) is 1.71. The highest BCUT2D eigenvalue weighted by molar-refractivity contribution is 7.89. The Balaban J connectivity index is 2.60. The molecule has 0 atom stereocenters. The molecule has 0 N–H and O–H groups in total. The lowest BCUT2D eigenvalue weighted by atomic mass is 10.3. The second-order valence-corrected chi connectivity index (χ2v) is 6.44. The van der Waals surface area contributed by atoms with Crippen LogP contribution in [-0.2, 0) is 10.0 Å². The van der Waals surface area contributed by atoms with Crippen molar-refractivity contribution in [2.24, 2.45) is 0 Å². The van der Waals surface area contributed by atoms with Gasteiger partial charge in [-0.05, 0) is 13.8 Å². The standard InChI is InChI=1S/C9H21N2O2S/c1-4-11(3)8-6-10(7-9-11)14(12,13)5-2/h4-9H2,1-3H3/q+1. The zero-order valence-corrected chi connectivity index (χ0v) is 10.2. The van der Waals surface area contributed by atoms with Gasteiger partial charge in [-0.15, -0.1) is 0 Å². The molecule has 1 saturated heterocycles. The van der Waals surface area contributed by atoms with E-state index in [-0.39, 0.29) is 5.75 Å². The highest BCUT2D eigenvalue weighted by atomic mass is 32.2. The van der Waals surface area contributed by atoms with E-state index >= 15 is 0 Å². The van der Waals surface area contributed by atoms with Crippen molar-refractivity contribution >= 4 is 10.0 Å². The molecule has 84 valence electrons. The quantitative estimate of drug-likeness (QED) is 0.635. The van der Waals surface area contributed by atoms with E-state index in [2.05, 4.69) is 14.0 Å². The Kier molecular flexibility index (Phi) is 3.55. The first-order chi connectivity index (χ1) is 6.43. The summed E-state index contributed by atoms with van der Waals surface area (Å²) in [5, 5.41) is 0. The summed E-state index contributed by atoms with van der Waals surface area (Å²) in [6, 6.07) is 0. The maximum absolute atomic E-state index is 11.6. The van der Waals surface area contributed by atoms with E-state index in [4.69, 9.17) is 0 Å². The van der Waals surface area contributed by atoms with Gasteiger partial charge in [0.2, 0.25) is 10.0 Å². The van der Waals surface area contributed by atoms with Gasteiger partial charge in [-0.25, -0.2) is 8.42 Å². The molecule has 0 amide bonds. The highest BCUT2D eigenvalue weighted by Gasteiger charge is 2.32. The minimum Gasteiger partial charge on any atom is -0.324 e. The first kappa shape index (κ1) is 11.9. The van der Waals surface area contributed by atoms with E-state index < -0.39 is 10.0 Å². The molecule has 0 radical (unpaired) electrons. The summed E-state index contributed by atoms with van der Waals surface area (Å²) in [6.07, 6.45) is 0. The molecule has 0 aromatic carbocycles. The van der Waals surface area contributed by atoms with Gasteiger partial charge in [0.1, 0.15) is 0 Å². The van der Waals surface area contributed by atoms with Gasteiger partial charge < -0.3 is 4.48 Å². The average Bonchev–Trinajstić information content (AvgIpc) is 2.19. The molecule has 5 heteroatoms. The van der Waals surface area contributed by atoms with Crippen molar-refractivity contribution in [3.8, 4) is 0 Å². The average molecular weight is 221 g/mol. The number of piperazine rings is 1. The van der Waals surface area contributed by atoms with Crippen LogP contribution in [-0.4, -0.2) is 62.7 Å². The molecule has 0 unspecified atom stereocenters. The Morgan fingerprint density at radius 3 is 2.07 bits per heavy atom. The van der Waals surface area contributed by atoms with Gasteiger partial charge in [-0.2, -0.15) is 4.31 Å². The third kappa shape index (κ3) is 2.46. The van der Waals surface area contributed by atoms with Crippen LogP contribution in [0.15, 0.2) is 0 Å². The largest absolute Gasteiger partial charge is 0.324 e. The first-order valence-electron chi connectivity index (χ1n) is 5.25. The van der Waals surface area contributed by atoms with Crippen LogP contribution in [0.4, 0.5) is 0 Å². The Morgan fingerprint density at radius 2 is 1.71 bits per heavy atom. The van der Waals surface area contributed by atoms with E-state index in [0.29, 0.717) is 13.1 Å². The number of quaternary nitrogens is 1. The molecule has 4 nitrogen and oxygen atoms in total. The van der Waals surface area contributed by atoms with Crippen LogP contribution in [0.5, 0.6) is 0 Å². The summed E-state index contributed by atoms with van der Waals surface area (Å²) < 4.78 is 25.8. The molecule has 0 aromatic rings. The number of nitrogens with zero attached hydrogens (tertiary/aromatic N) is 2. The Morgan fingerprint density at radius 1 is 1.21 bits per heavy atom. The molecule has 1 heterocycles. The van der Waals surface area contributed by atoms with Gasteiger partial charge in [0.15, 0.2) is 0 Å². The van der Waals surface area contributed by atoms with Crippen LogP contribution < -0.4 is 0 Å². The van der Waals surface area contributed by atoms with Crippen molar-refractivity contribution in [2.75, 3.05) is 45.5 Å². The number of hydrogen-bond acceptors (Lipinski definition) is 2. The third-order valence-electron chi connectivity index (χ3n) is 3.30. The zero-order chi connectivity index (χ0) is 10.8. The second kappa shape index (κ2) is 4.16. The van der Waals surface area contributed by atoms with Gasteiger partial charge in [-0.1, -0.05) is 0 Å². The van der Waals surface area contributed by atoms with Crippen molar-refractivity contribution in [2.45, 2.75) is 13.8 Å². The maximum Gasteiger partial charge on any atom is 0.214 e. The lowest BCUT2D eigenvalue weighted by Crippen LogP contribution is -2.58. The molecular weight excluding hydrogens is 200 g/mol. The third-order valence-corrected chi connectivity index (χ3v) is 5.18. The smallest absolute Gasteiger partial charge is 0.214 e. The summed E-state index contributed by atoms with van der Waals surface area (Å²) >= 11 is 0. The minimum atomic E-state index is -2.96. The summed E-state index contributed by atoms with van der Waals surface area (Å²) in [5.41, 5.74) is 0. The lowest BCUT2D eigenvalue weighted by Gasteiger charge is -2.40. The summed E-state index contributed by atoms with van der Waals surface area (Å²) in [4.78, 5) is 0. The monoisotopic (exact) mass is 221 g/mol. The predicted molar refractivity (Wildman–Crippen MR) is 57.5 cm³/mol. The molecule has 0 spiro atoms. The molecule has 0 aromatic heterocycles. The number of likely N-dealkylation sites (N-methyl/N-ethyl adjacent to an activating group) is 1. The number of sulfonamides is 1. The Labute approximate surface area is 87.1 Å². The molecule has 0 bridgehead atoms. The normalized spacial score (nSPS) is 23.6. The predicted octanol–water partition coefficient (Wildman–Crippen LogP) is 0.118. The molecule has 1 fully saturated rings. The molecular formula is C9H21N2O2S+. The lowest BCUT2D eigenvalue weighted by molar-refractivity contribution is -0.911. The summed E-state index contributed by atoms with van der Waals surface area (Å²) in [7, 11) is -0.766. The number of hydrogen-bond donors (Lipinski definition) is 0. The fraction of sp³-hybridized carbons (Fsp3) is 1.00. The van der Waals surface area contributed by atoms with Gasteiger partial charge in [-0.3, -0.25) is 0 Å². The zero-order valence-electron chi connectivity index (χ0n) is 9.36. The van der Waals surface area contributed by atoms with Gasteiger partial charge in [0.05, 0.1) is 45.5 Å². The van der Waals surface area contributed by atoms with E-state index in [1.807, 2.05) is 0 Å². The van der Waals surface area contributed by atoms with Crippen molar-refractivity contribution < 1.29 is 12.9 Å². The van der Waals surface area contributed by atoms with Crippen LogP contribution in [0.2, 0.25) is 0 Å². The van der Waals surface area contributed by atoms with Crippen LogP contribution in [0.3, 0.4) is 0 Å². The van der Waals surface area contributed by atoms with E-state index in [0.717, 1.165) is 24.1 Å². The van der Waals surface area contributed by atoms with E-state index in [1.165, 1.54) is 0 Å². The second-order valence-electron chi connectivity index (χ2n) is 4.18. The molecule has 0 aliphatic carbocycles. The van der Waals surface area contributed by atoms with Crippen molar-refractivity contribution in [1.82, 2.24) is 4.31 Å². The topological polar surface area (TPSA) is 37.4 Å². The Hall–Kier alpha value is -0.130. The van der Waals surface area contributed by atoms with Gasteiger partial charge in [0, 0.05) is 0 Å².